The van der Waals surface area contributed by atoms with Gasteiger partial charge in [-0.15, -0.1) is 0 Å². The fourth-order valence-corrected chi connectivity index (χ4v) is 5.88. The molecule has 3 rings (SSSR count). The van der Waals surface area contributed by atoms with Crippen molar-refractivity contribution in [3.63, 3.8) is 0 Å². The third-order valence-corrected chi connectivity index (χ3v) is 8.72. The summed E-state index contributed by atoms with van der Waals surface area (Å²) < 4.78 is 52.5. The fourth-order valence-electron chi connectivity index (χ4n) is 2.94. The predicted octanol–water partition coefficient (Wildman–Crippen LogP) is 4.17. The molecule has 5 nitrogen and oxygen atoms in total. The number of hydrogen-bond acceptors (Lipinski definition) is 5. The predicted molar refractivity (Wildman–Crippen MR) is 114 cm³/mol. The highest BCUT2D eigenvalue weighted by atomic mass is 32.2. The normalized spacial score (nSPS) is 12.1. The average Bonchev–Trinajstić information content (AvgIpc) is 2.66. The first-order chi connectivity index (χ1) is 13.4. The van der Waals surface area contributed by atoms with Crippen molar-refractivity contribution in [1.29, 1.82) is 0 Å². The van der Waals surface area contributed by atoms with Crippen molar-refractivity contribution in [2.45, 2.75) is 47.3 Å². The average molecular weight is 430 g/mol. The summed E-state index contributed by atoms with van der Waals surface area (Å²) >= 11 is 0. The first-order valence-corrected chi connectivity index (χ1v) is 12.0. The molecule has 0 heterocycles. The van der Waals surface area contributed by atoms with Gasteiger partial charge >= 0.3 is 0 Å². The van der Waals surface area contributed by atoms with E-state index in [-0.39, 0.29) is 25.3 Å². The van der Waals surface area contributed by atoms with E-state index in [1.807, 2.05) is 27.7 Å². The third kappa shape index (κ3) is 3.80. The fraction of sp³-hybridized carbons (Fsp3) is 0.182. The summed E-state index contributed by atoms with van der Waals surface area (Å²) in [5, 5.41) is 0. The quantitative estimate of drug-likeness (QED) is 0.628. The van der Waals surface area contributed by atoms with Gasteiger partial charge in [0.05, 0.1) is 25.3 Å². The Labute approximate surface area is 172 Å². The zero-order valence-corrected chi connectivity index (χ0v) is 18.4. The van der Waals surface area contributed by atoms with Crippen LogP contribution in [-0.4, -0.2) is 16.8 Å². The van der Waals surface area contributed by atoms with Gasteiger partial charge in [0, 0.05) is 0 Å². The number of rotatable bonds is 4. The minimum absolute atomic E-state index is 0.00210. The van der Waals surface area contributed by atoms with Crippen LogP contribution in [-0.2, 0) is 19.7 Å². The molecule has 0 aliphatic rings. The number of hydrogen-bond donors (Lipinski definition) is 1. The van der Waals surface area contributed by atoms with E-state index < -0.39 is 19.7 Å². The minimum atomic E-state index is -3.98. The molecule has 0 unspecified atom stereocenters. The number of benzene rings is 3. The Morgan fingerprint density at radius 2 is 0.966 bits per heavy atom. The van der Waals surface area contributed by atoms with Crippen LogP contribution in [0.5, 0.6) is 0 Å². The molecule has 0 amide bonds. The highest BCUT2D eigenvalue weighted by Crippen LogP contribution is 2.31. The Balaban J connectivity index is 2.17. The summed E-state index contributed by atoms with van der Waals surface area (Å²) in [7, 11) is -7.87. The Bertz CT molecular complexity index is 1320. The van der Waals surface area contributed by atoms with Gasteiger partial charge in [0.2, 0.25) is 19.7 Å². The monoisotopic (exact) mass is 429 g/mol. The summed E-state index contributed by atoms with van der Waals surface area (Å²) in [6, 6.07) is 13.4. The summed E-state index contributed by atoms with van der Waals surface area (Å²) in [6.07, 6.45) is 0. The van der Waals surface area contributed by atoms with Crippen molar-refractivity contribution in [3.8, 4) is 0 Å². The maximum atomic E-state index is 13.2. The van der Waals surface area contributed by atoms with Gasteiger partial charge in [-0.05, 0) is 92.4 Å². The molecule has 0 aromatic heterocycles. The van der Waals surface area contributed by atoms with E-state index in [1.54, 1.807) is 24.3 Å². The summed E-state index contributed by atoms with van der Waals surface area (Å²) in [5.74, 6) is 0. The Kier molecular flexibility index (Phi) is 5.32. The lowest BCUT2D eigenvalue weighted by Crippen LogP contribution is -2.09. The summed E-state index contributed by atoms with van der Waals surface area (Å²) in [6.45, 7) is 7.42. The second-order valence-corrected chi connectivity index (χ2v) is 11.1. The van der Waals surface area contributed by atoms with E-state index in [2.05, 4.69) is 0 Å². The lowest BCUT2D eigenvalue weighted by atomic mass is 10.1. The molecular weight excluding hydrogens is 406 g/mol. The van der Waals surface area contributed by atoms with Gasteiger partial charge in [-0.25, -0.2) is 16.8 Å². The van der Waals surface area contributed by atoms with Crippen molar-refractivity contribution < 1.29 is 16.8 Å². The van der Waals surface area contributed by atoms with Crippen molar-refractivity contribution in [2.75, 3.05) is 5.73 Å². The van der Waals surface area contributed by atoms with Gasteiger partial charge in [-0.1, -0.05) is 12.1 Å². The van der Waals surface area contributed by atoms with Crippen LogP contribution in [0.4, 0.5) is 5.69 Å². The lowest BCUT2D eigenvalue weighted by molar-refractivity contribution is 0.594. The van der Waals surface area contributed by atoms with Gasteiger partial charge in [-0.3, -0.25) is 0 Å². The number of aryl methyl sites for hydroxylation is 4. The largest absolute Gasteiger partial charge is 0.398 e. The standard InChI is InChI=1S/C22H23NO4S2/c1-14-5-7-18(11-16(14)3)28(24,25)20-9-10-21(23)22(13-20)29(26,27)19-8-6-15(2)17(4)12-19/h5-13H,23H2,1-4H3. The van der Waals surface area contributed by atoms with Gasteiger partial charge in [0.1, 0.15) is 0 Å². The zero-order valence-electron chi connectivity index (χ0n) is 16.7. The van der Waals surface area contributed by atoms with E-state index in [9.17, 15) is 16.8 Å². The zero-order chi connectivity index (χ0) is 21.6. The molecule has 0 aliphatic heterocycles. The van der Waals surface area contributed by atoms with Gasteiger partial charge in [0.25, 0.3) is 0 Å². The molecule has 0 spiro atoms. The molecule has 0 radical (unpaired) electrons. The number of sulfone groups is 2. The van der Waals surface area contributed by atoms with Crippen LogP contribution < -0.4 is 5.73 Å². The van der Waals surface area contributed by atoms with Gasteiger partial charge in [0.15, 0.2) is 0 Å². The van der Waals surface area contributed by atoms with Crippen molar-refractivity contribution in [1.82, 2.24) is 0 Å². The van der Waals surface area contributed by atoms with E-state index in [0.717, 1.165) is 28.3 Å². The van der Waals surface area contributed by atoms with E-state index in [4.69, 9.17) is 5.73 Å². The molecule has 0 bridgehead atoms. The second-order valence-electron chi connectivity index (χ2n) is 7.20. The molecule has 0 saturated heterocycles. The number of nitrogens with two attached hydrogens (primary N) is 1. The molecule has 0 aliphatic carbocycles. The van der Waals surface area contributed by atoms with Crippen molar-refractivity contribution in [3.05, 3.63) is 76.9 Å². The second kappa shape index (κ2) is 7.31. The molecule has 0 saturated carbocycles. The van der Waals surface area contributed by atoms with Crippen LogP contribution in [0.15, 0.2) is 74.2 Å². The molecule has 2 N–H and O–H groups in total. The van der Waals surface area contributed by atoms with Gasteiger partial charge in [-0.2, -0.15) is 0 Å². The van der Waals surface area contributed by atoms with Crippen molar-refractivity contribution >= 4 is 25.4 Å². The smallest absolute Gasteiger partial charge is 0.208 e. The summed E-state index contributed by atoms with van der Waals surface area (Å²) in [5.41, 5.74) is 9.53. The Morgan fingerprint density at radius 1 is 0.552 bits per heavy atom. The molecule has 0 atom stereocenters. The highest BCUT2D eigenvalue weighted by molar-refractivity contribution is 7.92. The van der Waals surface area contributed by atoms with Gasteiger partial charge < -0.3 is 5.73 Å². The maximum Gasteiger partial charge on any atom is 0.208 e. The highest BCUT2D eigenvalue weighted by Gasteiger charge is 2.25. The number of nitrogen functional groups attached to an aromatic ring is 1. The molecule has 0 fully saturated rings. The molecule has 7 heteroatoms. The minimum Gasteiger partial charge on any atom is -0.398 e. The lowest BCUT2D eigenvalue weighted by Gasteiger charge is -2.12. The van der Waals surface area contributed by atoms with Crippen LogP contribution in [0, 0.1) is 27.7 Å². The van der Waals surface area contributed by atoms with Crippen LogP contribution in [0.25, 0.3) is 0 Å². The molecule has 3 aromatic rings. The van der Waals surface area contributed by atoms with E-state index in [1.165, 1.54) is 24.3 Å². The van der Waals surface area contributed by atoms with Crippen LogP contribution in [0.1, 0.15) is 22.3 Å². The molecular formula is C22H23NO4S2. The molecule has 3 aromatic carbocycles. The first-order valence-electron chi connectivity index (χ1n) is 8.99. The third-order valence-electron chi connectivity index (χ3n) is 5.16. The van der Waals surface area contributed by atoms with Crippen LogP contribution in [0.3, 0.4) is 0 Å². The van der Waals surface area contributed by atoms with Crippen molar-refractivity contribution in [2.24, 2.45) is 0 Å². The SMILES string of the molecule is Cc1ccc(S(=O)(=O)c2ccc(N)c(S(=O)(=O)c3ccc(C)c(C)c3)c2)cc1C. The molecule has 29 heavy (non-hydrogen) atoms. The summed E-state index contributed by atoms with van der Waals surface area (Å²) in [4.78, 5) is -0.143. The van der Waals surface area contributed by atoms with Crippen LogP contribution in [0.2, 0.25) is 0 Å². The topological polar surface area (TPSA) is 94.3 Å². The molecule has 152 valence electrons. The Hall–Kier alpha value is -2.64. The van der Waals surface area contributed by atoms with Crippen LogP contribution >= 0.6 is 0 Å². The van der Waals surface area contributed by atoms with E-state index in [0.29, 0.717) is 0 Å². The van der Waals surface area contributed by atoms with E-state index >= 15 is 0 Å². The maximum absolute atomic E-state index is 13.2. The first kappa shape index (κ1) is 21.1. The number of anilines is 1. The Morgan fingerprint density at radius 3 is 1.45 bits per heavy atom.